The Kier molecular flexibility index (Phi) is 6.89. The Morgan fingerprint density at radius 2 is 1.79 bits per heavy atom. The van der Waals surface area contributed by atoms with Crippen LogP contribution in [0.3, 0.4) is 0 Å². The monoisotopic (exact) mass is 421 g/mol. The van der Waals surface area contributed by atoms with Crippen molar-refractivity contribution in [3.05, 3.63) is 59.4 Å². The molecular weight excluding hydrogens is 393 g/mol. The summed E-state index contributed by atoms with van der Waals surface area (Å²) in [6, 6.07) is 11.7. The summed E-state index contributed by atoms with van der Waals surface area (Å²) in [6.07, 6.45) is 0. The van der Waals surface area contributed by atoms with E-state index >= 15 is 0 Å². The molecule has 1 heterocycles. The van der Waals surface area contributed by atoms with Crippen molar-refractivity contribution in [3.8, 4) is 0 Å². The molecule has 1 saturated heterocycles. The number of nitrogens with zero attached hydrogens (tertiary/aromatic N) is 2. The molecule has 29 heavy (non-hydrogen) atoms. The summed E-state index contributed by atoms with van der Waals surface area (Å²) >= 11 is 0. The minimum atomic E-state index is -3.75. The van der Waals surface area contributed by atoms with Gasteiger partial charge in [-0.2, -0.15) is 0 Å². The lowest BCUT2D eigenvalue weighted by Gasteiger charge is -2.35. The number of hydrogen-bond acceptors (Lipinski definition) is 5. The molecule has 1 unspecified atom stereocenters. The van der Waals surface area contributed by atoms with Crippen molar-refractivity contribution in [2.24, 2.45) is 0 Å². The van der Waals surface area contributed by atoms with Crippen LogP contribution in [0.4, 0.5) is 10.1 Å². The number of morpholine rings is 1. The first kappa shape index (κ1) is 21.7. The van der Waals surface area contributed by atoms with Crippen LogP contribution >= 0.6 is 0 Å². The summed E-state index contributed by atoms with van der Waals surface area (Å²) in [4.78, 5) is 4.35. The van der Waals surface area contributed by atoms with Crippen LogP contribution in [-0.4, -0.2) is 60.3 Å². The maximum Gasteiger partial charge on any atom is 0.240 e. The van der Waals surface area contributed by atoms with Crippen molar-refractivity contribution in [1.29, 1.82) is 0 Å². The van der Waals surface area contributed by atoms with Crippen LogP contribution < -0.4 is 9.62 Å². The van der Waals surface area contributed by atoms with Crippen LogP contribution in [0.1, 0.15) is 17.2 Å². The van der Waals surface area contributed by atoms with Crippen molar-refractivity contribution < 1.29 is 17.5 Å². The zero-order chi connectivity index (χ0) is 21.0. The van der Waals surface area contributed by atoms with E-state index in [9.17, 15) is 12.8 Å². The molecule has 158 valence electrons. The second-order valence-electron chi connectivity index (χ2n) is 7.41. The van der Waals surface area contributed by atoms with E-state index in [2.05, 4.69) is 9.62 Å². The maximum absolute atomic E-state index is 13.4. The average molecular weight is 422 g/mol. The molecule has 1 atom stereocenters. The molecule has 2 aromatic carbocycles. The molecule has 2 aromatic rings. The number of nitrogens with one attached hydrogen (secondary N) is 1. The number of ether oxygens (including phenoxy) is 1. The third kappa shape index (κ3) is 5.33. The smallest absolute Gasteiger partial charge is 0.240 e. The van der Waals surface area contributed by atoms with Gasteiger partial charge in [0.1, 0.15) is 5.82 Å². The molecule has 8 heteroatoms. The summed E-state index contributed by atoms with van der Waals surface area (Å²) in [5.41, 5.74) is 2.50. The SMILES string of the molecule is Cc1cc(F)ccc1S(=O)(=O)NCC(c1ccc(N(C)C)cc1)N1CCOCC1. The Hall–Kier alpha value is -2.00. The Balaban J connectivity index is 1.82. The van der Waals surface area contributed by atoms with Crippen LogP contribution in [0.2, 0.25) is 0 Å². The Morgan fingerprint density at radius 1 is 1.14 bits per heavy atom. The second-order valence-corrected chi connectivity index (χ2v) is 9.15. The molecule has 0 radical (unpaired) electrons. The van der Waals surface area contributed by atoms with Crippen molar-refractivity contribution in [2.75, 3.05) is 51.8 Å². The minimum absolute atomic E-state index is 0.0996. The Morgan fingerprint density at radius 3 is 2.38 bits per heavy atom. The standard InChI is InChI=1S/C21H28FN3O3S/c1-16-14-18(22)6-9-21(16)29(26,27)23-15-20(25-10-12-28-13-11-25)17-4-7-19(8-5-17)24(2)3/h4-9,14,20,23H,10-13,15H2,1-3H3. The summed E-state index contributed by atoms with van der Waals surface area (Å²) in [7, 11) is 0.206. The molecule has 0 aromatic heterocycles. The average Bonchev–Trinajstić information content (AvgIpc) is 2.69. The fourth-order valence-electron chi connectivity index (χ4n) is 3.52. The third-order valence-corrected chi connectivity index (χ3v) is 6.76. The summed E-state index contributed by atoms with van der Waals surface area (Å²) in [5, 5.41) is 0. The number of anilines is 1. The molecule has 0 amide bonds. The lowest BCUT2D eigenvalue weighted by Crippen LogP contribution is -2.43. The highest BCUT2D eigenvalue weighted by molar-refractivity contribution is 7.89. The van der Waals surface area contributed by atoms with Crippen molar-refractivity contribution in [3.63, 3.8) is 0 Å². The van der Waals surface area contributed by atoms with E-state index < -0.39 is 15.8 Å². The molecular formula is C21H28FN3O3S. The van der Waals surface area contributed by atoms with Gasteiger partial charge in [-0.05, 0) is 48.4 Å². The molecule has 6 nitrogen and oxygen atoms in total. The first-order valence-electron chi connectivity index (χ1n) is 9.63. The Labute approximate surface area is 172 Å². The number of rotatable bonds is 7. The predicted molar refractivity (Wildman–Crippen MR) is 112 cm³/mol. The van der Waals surface area contributed by atoms with Gasteiger partial charge in [0.2, 0.25) is 10.0 Å². The van der Waals surface area contributed by atoms with Gasteiger partial charge in [-0.3, -0.25) is 4.90 Å². The van der Waals surface area contributed by atoms with Gasteiger partial charge in [0.15, 0.2) is 0 Å². The van der Waals surface area contributed by atoms with E-state index in [0.717, 1.165) is 24.3 Å². The fourth-order valence-corrected chi connectivity index (χ4v) is 4.79. The molecule has 1 aliphatic rings. The Bertz CT molecular complexity index is 927. The topological polar surface area (TPSA) is 61.9 Å². The van der Waals surface area contributed by atoms with Gasteiger partial charge in [0.05, 0.1) is 18.1 Å². The van der Waals surface area contributed by atoms with E-state index in [1.165, 1.54) is 18.2 Å². The molecule has 1 N–H and O–H groups in total. The number of benzene rings is 2. The first-order valence-corrected chi connectivity index (χ1v) is 11.1. The van der Waals surface area contributed by atoms with E-state index in [0.29, 0.717) is 18.8 Å². The van der Waals surface area contributed by atoms with Crippen LogP contribution in [0.15, 0.2) is 47.4 Å². The van der Waals surface area contributed by atoms with Gasteiger partial charge >= 0.3 is 0 Å². The highest BCUT2D eigenvalue weighted by Crippen LogP contribution is 2.25. The van der Waals surface area contributed by atoms with Crippen LogP contribution in [0.25, 0.3) is 0 Å². The van der Waals surface area contributed by atoms with E-state index in [1.807, 2.05) is 43.3 Å². The lowest BCUT2D eigenvalue weighted by atomic mass is 10.0. The van der Waals surface area contributed by atoms with E-state index in [1.54, 1.807) is 6.92 Å². The number of sulfonamides is 1. The van der Waals surface area contributed by atoms with Crippen molar-refractivity contribution >= 4 is 15.7 Å². The molecule has 0 aliphatic carbocycles. The van der Waals surface area contributed by atoms with Gasteiger partial charge in [0, 0.05) is 45.5 Å². The van der Waals surface area contributed by atoms with Gasteiger partial charge in [-0.1, -0.05) is 12.1 Å². The number of halogens is 1. The second kappa shape index (κ2) is 9.21. The zero-order valence-electron chi connectivity index (χ0n) is 17.1. The number of aryl methyl sites for hydroxylation is 1. The quantitative estimate of drug-likeness (QED) is 0.745. The molecule has 0 bridgehead atoms. The first-order chi connectivity index (χ1) is 13.8. The van der Waals surface area contributed by atoms with Gasteiger partial charge in [0.25, 0.3) is 0 Å². The fraction of sp³-hybridized carbons (Fsp3) is 0.429. The maximum atomic E-state index is 13.4. The summed E-state index contributed by atoms with van der Waals surface area (Å²) in [5.74, 6) is -0.450. The molecule has 0 spiro atoms. The highest BCUT2D eigenvalue weighted by Gasteiger charge is 2.26. The van der Waals surface area contributed by atoms with Crippen molar-refractivity contribution in [1.82, 2.24) is 9.62 Å². The van der Waals surface area contributed by atoms with Crippen LogP contribution in [0, 0.1) is 12.7 Å². The van der Waals surface area contributed by atoms with E-state index in [4.69, 9.17) is 4.74 Å². The largest absolute Gasteiger partial charge is 0.379 e. The van der Waals surface area contributed by atoms with Crippen LogP contribution in [0.5, 0.6) is 0 Å². The van der Waals surface area contributed by atoms with E-state index in [-0.39, 0.29) is 17.5 Å². The molecule has 0 saturated carbocycles. The van der Waals surface area contributed by atoms with Crippen molar-refractivity contribution in [2.45, 2.75) is 17.9 Å². The normalized spacial score (nSPS) is 16.6. The predicted octanol–water partition coefficient (Wildman–Crippen LogP) is 2.55. The summed E-state index contributed by atoms with van der Waals surface area (Å²) < 4.78 is 47.2. The molecule has 3 rings (SSSR count). The third-order valence-electron chi connectivity index (χ3n) is 5.17. The number of hydrogen-bond donors (Lipinski definition) is 1. The summed E-state index contributed by atoms with van der Waals surface area (Å²) in [6.45, 7) is 4.53. The van der Waals surface area contributed by atoms with Gasteiger partial charge in [-0.25, -0.2) is 17.5 Å². The highest BCUT2D eigenvalue weighted by atomic mass is 32.2. The molecule has 1 aliphatic heterocycles. The van der Waals surface area contributed by atoms with Gasteiger partial charge in [-0.15, -0.1) is 0 Å². The van der Waals surface area contributed by atoms with Crippen LogP contribution in [-0.2, 0) is 14.8 Å². The molecule has 1 fully saturated rings. The minimum Gasteiger partial charge on any atom is -0.379 e. The lowest BCUT2D eigenvalue weighted by molar-refractivity contribution is 0.0172. The zero-order valence-corrected chi connectivity index (χ0v) is 17.9. The van der Waals surface area contributed by atoms with Gasteiger partial charge < -0.3 is 9.64 Å².